The minimum absolute atomic E-state index is 0. The maximum Gasteiger partial charge on any atom is 2.00 e. The van der Waals surface area contributed by atoms with Crippen molar-refractivity contribution in [3.8, 4) is 0 Å². The molecule has 6 nitrogen and oxygen atoms in total. The molecule has 0 saturated carbocycles. The Morgan fingerprint density at radius 3 is 0.692 bits per heavy atom. The molecule has 0 fully saturated rings. The van der Waals surface area contributed by atoms with Gasteiger partial charge in [-0.2, -0.15) is 0 Å². The van der Waals surface area contributed by atoms with Crippen LogP contribution in [0.25, 0.3) is 0 Å². The molecule has 0 unspecified atom stereocenters. The molecule has 9 heteroatoms. The zero-order chi connectivity index (χ0) is 8.12. The summed E-state index contributed by atoms with van der Waals surface area (Å²) in [5.41, 5.74) is 0. The first-order valence-electron chi connectivity index (χ1n) is 1.28. The Morgan fingerprint density at radius 1 is 0.692 bits per heavy atom. The van der Waals surface area contributed by atoms with Crippen LogP contribution in [-0.2, 0) is 77.6 Å². The third-order valence-corrected chi connectivity index (χ3v) is 0. The predicted molar refractivity (Wildman–Crippen MR) is 31.4 cm³/mol. The van der Waals surface area contributed by atoms with Gasteiger partial charge in [0, 0.05) is 42.1 Å². The summed E-state index contributed by atoms with van der Waals surface area (Å²) in [6, 6.07) is 0. The normalized spacial score (nSPS) is 2.77. The molecule has 0 aromatic rings. The molecule has 78 valence electrons. The van der Waals surface area contributed by atoms with Gasteiger partial charge in [0.15, 0.2) is 0 Å². The van der Waals surface area contributed by atoms with E-state index >= 15 is 0 Å². The van der Waals surface area contributed by atoms with Crippen LogP contribution in [0.3, 0.4) is 0 Å². The van der Waals surface area contributed by atoms with Crippen LogP contribution in [0.5, 0.6) is 0 Å². The molecule has 0 heterocycles. The quantitative estimate of drug-likeness (QED) is 0.288. The van der Waals surface area contributed by atoms with E-state index in [9.17, 15) is 0 Å². The van der Waals surface area contributed by atoms with Crippen LogP contribution in [0, 0.1) is 7.43 Å². The topological polar surface area (TPSA) is 112 Å². The van der Waals surface area contributed by atoms with E-state index in [2.05, 4.69) is 0 Å². The maximum absolute atomic E-state index is 8.24. The summed E-state index contributed by atoms with van der Waals surface area (Å²) in [6.07, 6.45) is 0. The van der Waals surface area contributed by atoms with Crippen LogP contribution in [0.15, 0.2) is 0 Å². The van der Waals surface area contributed by atoms with Crippen LogP contribution in [0.2, 0.25) is 0 Å². The molecule has 0 spiro atoms. The predicted octanol–water partition coefficient (Wildman–Crippen LogP) is -0.722. The fourth-order valence-electron chi connectivity index (χ4n) is 0. The van der Waals surface area contributed by atoms with Gasteiger partial charge in [-0.3, -0.25) is 0 Å². The Labute approximate surface area is 119 Å². The summed E-state index contributed by atoms with van der Waals surface area (Å²) in [5, 5.41) is 20.3. The average Bonchev–Trinajstić information content (AvgIpc) is 1.70. The first kappa shape index (κ1) is 50.0. The van der Waals surface area contributed by atoms with E-state index in [0.717, 1.165) is 0 Å². The second kappa shape index (κ2) is 136. The molecule has 0 atom stereocenters. The Bertz CT molecular complexity index is 56.6. The second-order valence-electron chi connectivity index (χ2n) is 0.274. The summed E-state index contributed by atoms with van der Waals surface area (Å²) in [5.74, 6) is 0. The number of rotatable bonds is 0. The summed E-state index contributed by atoms with van der Waals surface area (Å²) < 4.78 is 0. The molecular formula is C4H6O6W3-2. The summed E-state index contributed by atoms with van der Waals surface area (Å²) in [6.45, 7) is 1.50. The molecule has 0 bridgehead atoms. The molecule has 0 rings (SSSR count). The minimum Gasteiger partial charge on any atom is -0.665 e. The van der Waals surface area contributed by atoms with Crippen molar-refractivity contribution in [3.05, 3.63) is 7.43 Å². The molecule has 3 N–H and O–H groups in total. The Kier molecular flexibility index (Phi) is 523. The largest absolute Gasteiger partial charge is 2.00 e. The molecule has 0 radical (unpaired) electrons. The van der Waals surface area contributed by atoms with Crippen molar-refractivity contribution in [2.24, 2.45) is 0 Å². The van der Waals surface area contributed by atoms with Gasteiger partial charge in [-0.15, -0.1) is 0 Å². The van der Waals surface area contributed by atoms with Gasteiger partial charge in [0.25, 0.3) is 0 Å². The zero-order valence-corrected chi connectivity index (χ0v) is 15.1. The third-order valence-electron chi connectivity index (χ3n) is 0. The van der Waals surface area contributed by atoms with E-state index in [1.54, 1.807) is 0 Å². The maximum atomic E-state index is 8.24. The van der Waals surface area contributed by atoms with Crippen molar-refractivity contribution in [2.45, 2.75) is 0 Å². The van der Waals surface area contributed by atoms with Crippen LogP contribution >= 0.6 is 0 Å². The standard InChI is InChI=1S/3CHO2.CH3.3W/c3*2-1-3;;;;/h3*(H,2,3);1H3;;;/q4*-1;;;+2. The van der Waals surface area contributed by atoms with E-state index in [1.807, 2.05) is 0 Å². The fourth-order valence-corrected chi connectivity index (χ4v) is 0. The van der Waals surface area contributed by atoms with E-state index in [-0.39, 0.29) is 70.6 Å². The van der Waals surface area contributed by atoms with Gasteiger partial charge in [0.2, 0.25) is 0 Å². The van der Waals surface area contributed by atoms with Crippen LogP contribution in [0.4, 0.5) is 0 Å². The Morgan fingerprint density at radius 2 is 0.692 bits per heavy atom. The smallest absolute Gasteiger partial charge is 0.665 e. The summed E-state index contributed by atoms with van der Waals surface area (Å²) in [4.78, 5) is 24.7. The summed E-state index contributed by atoms with van der Waals surface area (Å²) >= 11 is 0. The fraction of sp³-hybridized carbons (Fsp3) is 0. The molecule has 13 heavy (non-hydrogen) atoms. The summed E-state index contributed by atoms with van der Waals surface area (Å²) in [7, 11) is 0. The second-order valence-corrected chi connectivity index (χ2v) is 0.274. The van der Waals surface area contributed by atoms with Crippen molar-refractivity contribution in [1.29, 1.82) is 0 Å². The Hall–Kier alpha value is 0.475. The van der Waals surface area contributed by atoms with Crippen molar-refractivity contribution in [1.82, 2.24) is 0 Å². The number of aliphatic hydroxyl groups excluding tert-OH is 3. The van der Waals surface area contributed by atoms with Crippen LogP contribution in [0.1, 0.15) is 0 Å². The molecule has 0 aliphatic carbocycles. The molecule has 0 saturated heterocycles. The monoisotopic (exact) mass is 702 g/mol. The van der Waals surface area contributed by atoms with Crippen LogP contribution in [-0.4, -0.2) is 34.7 Å². The van der Waals surface area contributed by atoms with Gasteiger partial charge in [0.1, 0.15) is 0 Å². The van der Waals surface area contributed by atoms with E-state index in [4.69, 9.17) is 29.7 Å². The molecule has 0 aliphatic heterocycles. The van der Waals surface area contributed by atoms with Gasteiger partial charge >= 0.3 is 21.1 Å². The SMILES string of the molecule is O=[C-]O.O=[C-]O.O=[C-]O.[CH3-].[W+2].[W].[W]. The first-order valence-corrected chi connectivity index (χ1v) is 1.28. The third kappa shape index (κ3) is 6070. The Balaban J connectivity index is -0.00000000720. The molecule has 0 aromatic heterocycles. The molecular weight excluding hydrogens is 696 g/mol. The van der Waals surface area contributed by atoms with Gasteiger partial charge in [-0.05, 0) is 0 Å². The van der Waals surface area contributed by atoms with Gasteiger partial charge < -0.3 is 37.1 Å². The molecule has 0 aromatic carbocycles. The number of hydrogen-bond acceptors (Lipinski definition) is 3. The minimum atomic E-state index is 0. The van der Waals surface area contributed by atoms with Crippen LogP contribution < -0.4 is 0 Å². The van der Waals surface area contributed by atoms with Crippen molar-refractivity contribution < 1.29 is 92.9 Å². The van der Waals surface area contributed by atoms with Crippen molar-refractivity contribution >= 4 is 19.4 Å². The first-order chi connectivity index (χ1) is 4.24. The van der Waals surface area contributed by atoms with Gasteiger partial charge in [0.05, 0.1) is 0 Å². The molecule has 0 amide bonds. The van der Waals surface area contributed by atoms with E-state index in [0.29, 0.717) is 19.4 Å². The number of hydrogen-bond donors (Lipinski definition) is 3. The van der Waals surface area contributed by atoms with E-state index < -0.39 is 0 Å². The van der Waals surface area contributed by atoms with E-state index in [1.165, 1.54) is 0 Å². The van der Waals surface area contributed by atoms with Gasteiger partial charge in [-0.25, -0.2) is 0 Å². The molecule has 0 aliphatic rings. The average molecular weight is 702 g/mol. The zero-order valence-electron chi connectivity index (χ0n) is 6.29. The van der Waals surface area contributed by atoms with Crippen molar-refractivity contribution in [2.75, 3.05) is 0 Å². The van der Waals surface area contributed by atoms with Gasteiger partial charge in [-0.1, -0.05) is 19.4 Å². The van der Waals surface area contributed by atoms with Crippen molar-refractivity contribution in [3.63, 3.8) is 0 Å².